The lowest BCUT2D eigenvalue weighted by Crippen LogP contribution is -1.74. The van der Waals surface area contributed by atoms with Gasteiger partial charge in [-0.2, -0.15) is 0 Å². The average Bonchev–Trinajstić information content (AvgIpc) is 2.20. The SMILES string of the molecule is N.Oc1ccc(-c2ccccc2)cc1. The Kier molecular flexibility index (Phi) is 3.26. The van der Waals surface area contributed by atoms with E-state index < -0.39 is 0 Å². The maximum atomic E-state index is 9.10. The summed E-state index contributed by atoms with van der Waals surface area (Å²) in [6, 6.07) is 17.3. The molecule has 0 spiro atoms. The number of benzene rings is 2. The molecule has 4 N–H and O–H groups in total. The van der Waals surface area contributed by atoms with E-state index in [0.29, 0.717) is 5.75 Å². The van der Waals surface area contributed by atoms with Crippen molar-refractivity contribution < 1.29 is 5.11 Å². The van der Waals surface area contributed by atoms with E-state index in [-0.39, 0.29) is 6.15 Å². The molecule has 0 aliphatic heterocycles. The molecule has 72 valence electrons. The zero-order valence-corrected chi connectivity index (χ0v) is 7.85. The second-order valence-electron chi connectivity index (χ2n) is 2.91. The molecule has 2 aromatic rings. The molecule has 0 aliphatic carbocycles. The Morgan fingerprint density at radius 1 is 0.643 bits per heavy atom. The molecule has 0 saturated heterocycles. The predicted octanol–water partition coefficient (Wildman–Crippen LogP) is 3.22. The van der Waals surface area contributed by atoms with E-state index in [4.69, 9.17) is 5.11 Å². The van der Waals surface area contributed by atoms with Crippen molar-refractivity contribution >= 4 is 0 Å². The first kappa shape index (κ1) is 10.3. The third-order valence-corrected chi connectivity index (χ3v) is 1.97. The highest BCUT2D eigenvalue weighted by molar-refractivity contribution is 5.63. The van der Waals surface area contributed by atoms with E-state index in [9.17, 15) is 0 Å². The van der Waals surface area contributed by atoms with E-state index >= 15 is 0 Å². The minimum Gasteiger partial charge on any atom is -0.508 e. The summed E-state index contributed by atoms with van der Waals surface area (Å²) in [6.07, 6.45) is 0. The van der Waals surface area contributed by atoms with Crippen molar-refractivity contribution in [3.8, 4) is 16.9 Å². The molecule has 2 aromatic carbocycles. The first-order valence-corrected chi connectivity index (χ1v) is 4.21. The van der Waals surface area contributed by atoms with Gasteiger partial charge in [0.05, 0.1) is 0 Å². The number of aromatic hydroxyl groups is 1. The molecular formula is C12H13NO. The van der Waals surface area contributed by atoms with Gasteiger partial charge in [-0.15, -0.1) is 0 Å². The van der Waals surface area contributed by atoms with Crippen molar-refractivity contribution in [1.29, 1.82) is 0 Å². The van der Waals surface area contributed by atoms with Crippen LogP contribution in [-0.4, -0.2) is 5.11 Å². The molecule has 0 aromatic heterocycles. The van der Waals surface area contributed by atoms with E-state index in [2.05, 4.69) is 0 Å². The van der Waals surface area contributed by atoms with Gasteiger partial charge in [-0.1, -0.05) is 42.5 Å². The molecule has 2 nitrogen and oxygen atoms in total. The zero-order chi connectivity index (χ0) is 9.10. The summed E-state index contributed by atoms with van der Waals surface area (Å²) >= 11 is 0. The Balaban J connectivity index is 0.000000980. The van der Waals surface area contributed by atoms with Crippen molar-refractivity contribution in [2.45, 2.75) is 0 Å². The van der Waals surface area contributed by atoms with E-state index in [1.165, 1.54) is 5.56 Å². The van der Waals surface area contributed by atoms with Crippen LogP contribution in [0.1, 0.15) is 0 Å². The molecule has 0 bridgehead atoms. The van der Waals surface area contributed by atoms with Gasteiger partial charge in [-0.25, -0.2) is 0 Å². The number of hydrogen-bond acceptors (Lipinski definition) is 2. The lowest BCUT2D eigenvalue weighted by Gasteiger charge is -2.00. The molecule has 0 amide bonds. The third-order valence-electron chi connectivity index (χ3n) is 1.97. The number of hydrogen-bond donors (Lipinski definition) is 2. The molecule has 0 heterocycles. The van der Waals surface area contributed by atoms with Crippen molar-refractivity contribution in [2.24, 2.45) is 0 Å². The molecule has 2 heteroatoms. The van der Waals surface area contributed by atoms with Crippen LogP contribution in [0.3, 0.4) is 0 Å². The van der Waals surface area contributed by atoms with Crippen LogP contribution in [-0.2, 0) is 0 Å². The van der Waals surface area contributed by atoms with E-state index in [1.807, 2.05) is 42.5 Å². The van der Waals surface area contributed by atoms with Crippen molar-refractivity contribution in [2.75, 3.05) is 0 Å². The van der Waals surface area contributed by atoms with Gasteiger partial charge in [0.1, 0.15) is 5.75 Å². The van der Waals surface area contributed by atoms with Gasteiger partial charge in [-0.05, 0) is 23.3 Å². The van der Waals surface area contributed by atoms with Gasteiger partial charge < -0.3 is 11.3 Å². The van der Waals surface area contributed by atoms with Crippen LogP contribution in [0.2, 0.25) is 0 Å². The molecule has 0 saturated carbocycles. The fourth-order valence-corrected chi connectivity index (χ4v) is 1.28. The number of phenolic OH excluding ortho intramolecular Hbond substituents is 1. The minimum absolute atomic E-state index is 0. The summed E-state index contributed by atoms with van der Waals surface area (Å²) in [5.74, 6) is 0.305. The summed E-state index contributed by atoms with van der Waals surface area (Å²) in [6.45, 7) is 0. The fraction of sp³-hybridized carbons (Fsp3) is 0. The van der Waals surface area contributed by atoms with Crippen LogP contribution in [0, 0.1) is 0 Å². The summed E-state index contributed by atoms with van der Waals surface area (Å²) in [4.78, 5) is 0. The normalized spacial score (nSPS) is 9.14. The largest absolute Gasteiger partial charge is 0.508 e. The van der Waals surface area contributed by atoms with Gasteiger partial charge in [0.15, 0.2) is 0 Å². The quantitative estimate of drug-likeness (QED) is 0.720. The lowest BCUT2D eigenvalue weighted by molar-refractivity contribution is 0.475. The Morgan fingerprint density at radius 3 is 1.71 bits per heavy atom. The summed E-state index contributed by atoms with van der Waals surface area (Å²) < 4.78 is 0. The zero-order valence-electron chi connectivity index (χ0n) is 7.85. The van der Waals surface area contributed by atoms with Crippen LogP contribution < -0.4 is 6.15 Å². The molecule has 0 aliphatic rings. The third kappa shape index (κ3) is 2.12. The summed E-state index contributed by atoms with van der Waals surface area (Å²) in [5.41, 5.74) is 2.29. The van der Waals surface area contributed by atoms with Crippen LogP contribution >= 0.6 is 0 Å². The molecule has 14 heavy (non-hydrogen) atoms. The van der Waals surface area contributed by atoms with Crippen LogP contribution in [0.4, 0.5) is 0 Å². The molecule has 0 radical (unpaired) electrons. The van der Waals surface area contributed by atoms with Crippen LogP contribution in [0.25, 0.3) is 11.1 Å². The second kappa shape index (κ2) is 4.44. The second-order valence-corrected chi connectivity index (χ2v) is 2.91. The highest BCUT2D eigenvalue weighted by Gasteiger charge is 1.94. The smallest absolute Gasteiger partial charge is 0.115 e. The van der Waals surface area contributed by atoms with Crippen molar-refractivity contribution in [1.82, 2.24) is 6.15 Å². The summed E-state index contributed by atoms with van der Waals surface area (Å²) in [7, 11) is 0. The highest BCUT2D eigenvalue weighted by Crippen LogP contribution is 2.20. The van der Waals surface area contributed by atoms with Gasteiger partial charge in [0.2, 0.25) is 0 Å². The van der Waals surface area contributed by atoms with E-state index in [0.717, 1.165) is 5.56 Å². The minimum atomic E-state index is 0. The van der Waals surface area contributed by atoms with Crippen molar-refractivity contribution in [3.05, 3.63) is 54.6 Å². The maximum Gasteiger partial charge on any atom is 0.115 e. The monoisotopic (exact) mass is 187 g/mol. The number of phenols is 1. The molecule has 2 rings (SSSR count). The van der Waals surface area contributed by atoms with Crippen LogP contribution in [0.15, 0.2) is 54.6 Å². The molecule has 0 unspecified atom stereocenters. The lowest BCUT2D eigenvalue weighted by atomic mass is 10.1. The topological polar surface area (TPSA) is 55.2 Å². The van der Waals surface area contributed by atoms with Gasteiger partial charge in [0.25, 0.3) is 0 Å². The maximum absolute atomic E-state index is 9.10. The Morgan fingerprint density at radius 2 is 1.14 bits per heavy atom. The van der Waals surface area contributed by atoms with Gasteiger partial charge >= 0.3 is 0 Å². The van der Waals surface area contributed by atoms with Crippen LogP contribution in [0.5, 0.6) is 5.75 Å². The predicted molar refractivity (Wildman–Crippen MR) is 58.6 cm³/mol. The first-order chi connectivity index (χ1) is 6.36. The van der Waals surface area contributed by atoms with Gasteiger partial charge in [-0.3, -0.25) is 0 Å². The highest BCUT2D eigenvalue weighted by atomic mass is 16.3. The first-order valence-electron chi connectivity index (χ1n) is 4.21. The van der Waals surface area contributed by atoms with E-state index in [1.54, 1.807) is 12.1 Å². The molecule has 0 fully saturated rings. The van der Waals surface area contributed by atoms with Gasteiger partial charge in [0, 0.05) is 0 Å². The Labute approximate surface area is 83.4 Å². The molecular weight excluding hydrogens is 174 g/mol. The average molecular weight is 187 g/mol. The number of rotatable bonds is 1. The Bertz CT molecular complexity index is 381. The van der Waals surface area contributed by atoms with Crippen molar-refractivity contribution in [3.63, 3.8) is 0 Å². The fourth-order valence-electron chi connectivity index (χ4n) is 1.28. The summed E-state index contributed by atoms with van der Waals surface area (Å²) in [5, 5.41) is 9.10. The molecule has 0 atom stereocenters. The standard InChI is InChI=1S/C12H10O.H3N/c13-12-8-6-11(7-9-12)10-4-2-1-3-5-10;/h1-9,13H;1H3. The Hall–Kier alpha value is -1.80.